The summed E-state index contributed by atoms with van der Waals surface area (Å²) >= 11 is 6.18. The fourth-order valence-corrected chi connectivity index (χ4v) is 1.94. The fraction of sp³-hybridized carbons (Fsp3) is 0.636. The van der Waals surface area contributed by atoms with Crippen LogP contribution in [0.15, 0.2) is 0 Å². The highest BCUT2D eigenvalue weighted by molar-refractivity contribution is 6.30. The Kier molecular flexibility index (Phi) is 4.96. The summed E-state index contributed by atoms with van der Waals surface area (Å²) in [6.07, 6.45) is 0.588. The van der Waals surface area contributed by atoms with Crippen molar-refractivity contribution in [1.29, 1.82) is 5.41 Å². The first-order chi connectivity index (χ1) is 7.95. The highest BCUT2D eigenvalue weighted by atomic mass is 35.5. The van der Waals surface area contributed by atoms with Crippen LogP contribution in [-0.4, -0.2) is 33.6 Å². The van der Waals surface area contributed by atoms with E-state index in [-0.39, 0.29) is 5.84 Å². The topological polar surface area (TPSA) is 70.9 Å². The summed E-state index contributed by atoms with van der Waals surface area (Å²) in [6.45, 7) is 6.47. The second-order valence-corrected chi connectivity index (χ2v) is 4.48. The van der Waals surface area contributed by atoms with Crippen LogP contribution in [0.4, 0.5) is 0 Å². The summed E-state index contributed by atoms with van der Waals surface area (Å²) < 4.78 is 1.69. The van der Waals surface area contributed by atoms with Crippen molar-refractivity contribution in [3.63, 3.8) is 0 Å². The highest BCUT2D eigenvalue weighted by Crippen LogP contribution is 2.20. The molecule has 0 fully saturated rings. The van der Waals surface area contributed by atoms with Crippen LogP contribution >= 0.6 is 11.6 Å². The number of nitrogens with zero attached hydrogens (tertiary/aromatic N) is 3. The third-order valence-electron chi connectivity index (χ3n) is 2.80. The minimum absolute atomic E-state index is 0.220. The molecule has 0 bridgehead atoms. The molecular weight excluding hydrogens is 238 g/mol. The molecule has 1 aromatic rings. The van der Waals surface area contributed by atoms with E-state index in [4.69, 9.17) is 22.7 Å². The van der Waals surface area contributed by atoms with Crippen molar-refractivity contribution in [1.82, 2.24) is 14.7 Å². The van der Waals surface area contributed by atoms with Gasteiger partial charge in [0.25, 0.3) is 0 Å². The van der Waals surface area contributed by atoms with Crippen molar-refractivity contribution < 1.29 is 0 Å². The molecule has 6 heteroatoms. The van der Waals surface area contributed by atoms with Crippen molar-refractivity contribution in [3.05, 3.63) is 16.4 Å². The standard InChI is InChI=1S/C11H20ClN5/c1-4-17(6-5-10(13)14)7-9-8(2)15-16(3)11(9)12/h4-7H2,1-3H3,(H3,13,14). The Morgan fingerprint density at radius 2 is 2.24 bits per heavy atom. The molecule has 0 aliphatic carbocycles. The second kappa shape index (κ2) is 6.02. The lowest BCUT2D eigenvalue weighted by Crippen LogP contribution is -2.27. The van der Waals surface area contributed by atoms with E-state index in [9.17, 15) is 0 Å². The van der Waals surface area contributed by atoms with Gasteiger partial charge in [-0.3, -0.25) is 15.0 Å². The molecule has 1 heterocycles. The van der Waals surface area contributed by atoms with Crippen LogP contribution in [0.1, 0.15) is 24.6 Å². The molecule has 0 radical (unpaired) electrons. The summed E-state index contributed by atoms with van der Waals surface area (Å²) in [6, 6.07) is 0. The molecule has 3 N–H and O–H groups in total. The van der Waals surface area contributed by atoms with Crippen LogP contribution < -0.4 is 5.73 Å². The monoisotopic (exact) mass is 257 g/mol. The number of nitrogens with one attached hydrogen (secondary N) is 1. The van der Waals surface area contributed by atoms with Crippen molar-refractivity contribution >= 4 is 17.4 Å². The van der Waals surface area contributed by atoms with Gasteiger partial charge in [-0.2, -0.15) is 5.10 Å². The molecule has 0 spiro atoms. The van der Waals surface area contributed by atoms with Crippen molar-refractivity contribution in [2.24, 2.45) is 12.8 Å². The van der Waals surface area contributed by atoms with Crippen molar-refractivity contribution in [2.45, 2.75) is 26.8 Å². The van der Waals surface area contributed by atoms with Gasteiger partial charge in [0, 0.05) is 32.1 Å². The number of hydrogen-bond acceptors (Lipinski definition) is 3. The molecule has 1 aromatic heterocycles. The average Bonchev–Trinajstić information content (AvgIpc) is 2.49. The van der Waals surface area contributed by atoms with Crippen LogP contribution in [0.2, 0.25) is 5.15 Å². The first-order valence-electron chi connectivity index (χ1n) is 5.68. The van der Waals surface area contributed by atoms with Crippen molar-refractivity contribution in [2.75, 3.05) is 13.1 Å². The van der Waals surface area contributed by atoms with E-state index in [1.165, 1.54) is 0 Å². The van der Waals surface area contributed by atoms with E-state index in [0.29, 0.717) is 11.6 Å². The zero-order chi connectivity index (χ0) is 13.0. The molecule has 1 rings (SSSR count). The predicted molar refractivity (Wildman–Crippen MR) is 70.4 cm³/mol. The summed E-state index contributed by atoms with van der Waals surface area (Å²) in [4.78, 5) is 2.21. The van der Waals surface area contributed by atoms with Gasteiger partial charge in [0.05, 0.1) is 11.5 Å². The van der Waals surface area contributed by atoms with E-state index in [0.717, 1.165) is 30.9 Å². The van der Waals surface area contributed by atoms with Crippen LogP contribution in [0.3, 0.4) is 0 Å². The van der Waals surface area contributed by atoms with Gasteiger partial charge in [-0.15, -0.1) is 0 Å². The van der Waals surface area contributed by atoms with E-state index < -0.39 is 0 Å². The van der Waals surface area contributed by atoms with Crippen LogP contribution in [0.5, 0.6) is 0 Å². The Bertz CT molecular complexity index is 399. The molecule has 0 aromatic carbocycles. The van der Waals surface area contributed by atoms with Gasteiger partial charge in [0.15, 0.2) is 0 Å². The number of amidine groups is 1. The van der Waals surface area contributed by atoms with Crippen molar-refractivity contribution in [3.8, 4) is 0 Å². The summed E-state index contributed by atoms with van der Waals surface area (Å²) in [5, 5.41) is 12.2. The minimum Gasteiger partial charge on any atom is -0.388 e. The van der Waals surface area contributed by atoms with E-state index in [1.807, 2.05) is 14.0 Å². The fourth-order valence-electron chi connectivity index (χ4n) is 1.70. The lowest BCUT2D eigenvalue weighted by molar-refractivity contribution is 0.287. The Labute approximate surface area is 107 Å². The number of aromatic nitrogens is 2. The van der Waals surface area contributed by atoms with Gasteiger partial charge in [-0.25, -0.2) is 0 Å². The quantitative estimate of drug-likeness (QED) is 0.600. The normalized spacial score (nSPS) is 11.1. The number of hydrogen-bond donors (Lipinski definition) is 2. The zero-order valence-corrected chi connectivity index (χ0v) is 11.4. The zero-order valence-electron chi connectivity index (χ0n) is 10.6. The molecule has 0 aliphatic heterocycles. The molecule has 0 saturated carbocycles. The van der Waals surface area contributed by atoms with E-state index in [2.05, 4.69) is 16.9 Å². The highest BCUT2D eigenvalue weighted by Gasteiger charge is 2.14. The summed E-state index contributed by atoms with van der Waals surface area (Å²) in [7, 11) is 1.84. The molecule has 0 saturated heterocycles. The maximum atomic E-state index is 7.24. The Morgan fingerprint density at radius 3 is 2.65 bits per heavy atom. The predicted octanol–water partition coefficient (Wildman–Crippen LogP) is 1.53. The van der Waals surface area contributed by atoms with Crippen LogP contribution in [-0.2, 0) is 13.6 Å². The Morgan fingerprint density at radius 1 is 1.59 bits per heavy atom. The average molecular weight is 258 g/mol. The number of aryl methyl sites for hydroxylation is 2. The Balaban J connectivity index is 2.70. The maximum absolute atomic E-state index is 7.24. The smallest absolute Gasteiger partial charge is 0.131 e. The van der Waals surface area contributed by atoms with Gasteiger partial charge in [-0.05, 0) is 13.5 Å². The second-order valence-electron chi connectivity index (χ2n) is 4.12. The third-order valence-corrected chi connectivity index (χ3v) is 3.27. The first-order valence-corrected chi connectivity index (χ1v) is 6.06. The maximum Gasteiger partial charge on any atom is 0.131 e. The van der Waals surface area contributed by atoms with Gasteiger partial charge in [0.1, 0.15) is 5.15 Å². The molecule has 17 heavy (non-hydrogen) atoms. The van der Waals surface area contributed by atoms with Gasteiger partial charge in [0.2, 0.25) is 0 Å². The molecule has 96 valence electrons. The minimum atomic E-state index is 0.220. The third kappa shape index (κ3) is 3.71. The van der Waals surface area contributed by atoms with Gasteiger partial charge >= 0.3 is 0 Å². The molecular formula is C11H20ClN5. The molecule has 0 unspecified atom stereocenters. The summed E-state index contributed by atoms with van der Waals surface area (Å²) in [5.41, 5.74) is 7.38. The molecule has 5 nitrogen and oxygen atoms in total. The lowest BCUT2D eigenvalue weighted by Gasteiger charge is -2.19. The van der Waals surface area contributed by atoms with Crippen LogP contribution in [0.25, 0.3) is 0 Å². The largest absolute Gasteiger partial charge is 0.388 e. The summed E-state index contributed by atoms with van der Waals surface area (Å²) in [5.74, 6) is 0.220. The lowest BCUT2D eigenvalue weighted by atomic mass is 10.2. The first kappa shape index (κ1) is 14.0. The molecule has 0 amide bonds. The van der Waals surface area contributed by atoms with Crippen LogP contribution in [0, 0.1) is 12.3 Å². The number of nitrogens with two attached hydrogens (primary N) is 1. The Hall–Kier alpha value is -1.07. The van der Waals surface area contributed by atoms with E-state index in [1.54, 1.807) is 4.68 Å². The molecule has 0 atom stereocenters. The number of rotatable bonds is 6. The SMILES string of the molecule is CCN(CCC(=N)N)Cc1c(C)nn(C)c1Cl. The van der Waals surface area contributed by atoms with E-state index >= 15 is 0 Å². The van der Waals surface area contributed by atoms with Gasteiger partial charge in [-0.1, -0.05) is 18.5 Å². The van der Waals surface area contributed by atoms with Gasteiger partial charge < -0.3 is 5.73 Å². The number of halogens is 1. The molecule has 0 aliphatic rings.